The number of H-pyrrole nitrogens is 1. The predicted molar refractivity (Wildman–Crippen MR) is 129 cm³/mol. The van der Waals surface area contributed by atoms with Crippen LogP contribution in [0.5, 0.6) is 5.75 Å². The molecule has 3 aromatic rings. The predicted octanol–water partition coefficient (Wildman–Crippen LogP) is 0.825. The van der Waals surface area contributed by atoms with Gasteiger partial charge in [-0.25, -0.2) is 14.4 Å². The first kappa shape index (κ1) is 27.0. The topological polar surface area (TPSA) is 238 Å². The fourth-order valence-corrected chi connectivity index (χ4v) is 5.09. The van der Waals surface area contributed by atoms with E-state index >= 15 is 0 Å². The van der Waals surface area contributed by atoms with Crippen LogP contribution in [-0.2, 0) is 18.6 Å². The fraction of sp³-hybridized carbons (Fsp3) is 0.286. The van der Waals surface area contributed by atoms with Crippen LogP contribution >= 0.6 is 7.75 Å². The van der Waals surface area contributed by atoms with E-state index in [1.54, 1.807) is 36.4 Å². The number of nitrogens with one attached hydrogen (secondary N) is 2. The van der Waals surface area contributed by atoms with E-state index in [9.17, 15) is 29.2 Å². The van der Waals surface area contributed by atoms with Crippen LogP contribution in [0.3, 0.4) is 0 Å². The first-order valence-corrected chi connectivity index (χ1v) is 12.4. The number of carbonyl (C=O) groups is 1. The molecular formula is C21H21N6O10P. The molecule has 1 aliphatic rings. The number of aliphatic hydroxyl groups excluding tert-OH is 2. The Morgan fingerprint density at radius 3 is 2.68 bits per heavy atom. The fourth-order valence-electron chi connectivity index (χ4n) is 3.78. The molecule has 17 heteroatoms. The van der Waals surface area contributed by atoms with Crippen molar-refractivity contribution in [3.63, 3.8) is 0 Å². The number of aromatic nitrogens is 2. The lowest BCUT2D eigenvalue weighted by Gasteiger charge is -2.28. The zero-order chi connectivity index (χ0) is 27.5. The highest BCUT2D eigenvalue weighted by atomic mass is 31.2. The number of hydrogen-bond acceptors (Lipinski definition) is 10. The molecule has 1 fully saturated rings. The van der Waals surface area contributed by atoms with Crippen molar-refractivity contribution >= 4 is 24.5 Å². The van der Waals surface area contributed by atoms with Gasteiger partial charge in [0.2, 0.25) is 5.72 Å². The van der Waals surface area contributed by atoms with Crippen LogP contribution in [0.1, 0.15) is 6.23 Å². The molecule has 1 saturated heterocycles. The molecule has 2 aromatic carbocycles. The summed E-state index contributed by atoms with van der Waals surface area (Å²) in [4.78, 5) is 39.3. The number of hydrogen-bond donors (Lipinski definition) is 5. The monoisotopic (exact) mass is 548 g/mol. The maximum Gasteiger partial charge on any atom is 0.459 e. The summed E-state index contributed by atoms with van der Waals surface area (Å²) in [6.07, 6.45) is -4.57. The maximum absolute atomic E-state index is 13.6. The Kier molecular flexibility index (Phi) is 7.66. The molecule has 0 radical (unpaired) electrons. The summed E-state index contributed by atoms with van der Waals surface area (Å²) in [6.45, 7) is -1.88. The standard InChI is InChI=1S/C21H21N6O10P/c22-26-25-21(18(32)17(31)19(36-21)27-9-8-15(28)24-20(27)33)11-35-38(34,23-10-16(29)30)37-14-7-3-5-12-4-1-2-6-13(12)14/h1-9,17-19,31-32H,10-11H2,(H,23,34)(H,29,30)(H,24,28,33)/t17-,18+,19-,21-,38?/m1/s1. The third-order valence-electron chi connectivity index (χ3n) is 5.58. The lowest BCUT2D eigenvalue weighted by Crippen LogP contribution is -2.45. The normalized spacial score (nSPS) is 24.4. The summed E-state index contributed by atoms with van der Waals surface area (Å²) in [5.41, 5.74) is 4.94. The van der Waals surface area contributed by atoms with Crippen LogP contribution in [-0.4, -0.2) is 61.9 Å². The van der Waals surface area contributed by atoms with Gasteiger partial charge in [0, 0.05) is 22.6 Å². The third kappa shape index (κ3) is 5.46. The number of carboxylic acids is 1. The van der Waals surface area contributed by atoms with E-state index in [0.717, 1.165) is 16.8 Å². The number of fused-ring (bicyclic) bond motifs is 1. The van der Waals surface area contributed by atoms with Crippen molar-refractivity contribution in [2.24, 2.45) is 5.11 Å². The first-order chi connectivity index (χ1) is 18.1. The summed E-state index contributed by atoms with van der Waals surface area (Å²) in [7, 11) is -4.58. The van der Waals surface area contributed by atoms with Crippen molar-refractivity contribution in [2.75, 3.05) is 13.2 Å². The van der Waals surface area contributed by atoms with Crippen LogP contribution in [0.4, 0.5) is 0 Å². The van der Waals surface area contributed by atoms with Gasteiger partial charge in [-0.15, -0.1) is 0 Å². The quantitative estimate of drug-likeness (QED) is 0.103. The second-order valence-electron chi connectivity index (χ2n) is 8.06. The van der Waals surface area contributed by atoms with Crippen molar-refractivity contribution in [1.29, 1.82) is 0 Å². The average Bonchev–Trinajstić information content (AvgIpc) is 3.12. The molecule has 0 amide bonds. The lowest BCUT2D eigenvalue weighted by molar-refractivity contribution is -0.135. The highest BCUT2D eigenvalue weighted by Gasteiger charge is 2.56. The van der Waals surface area contributed by atoms with Crippen molar-refractivity contribution in [3.05, 3.63) is 86.0 Å². The minimum absolute atomic E-state index is 0.0627. The smallest absolute Gasteiger partial charge is 0.459 e. The first-order valence-electron chi connectivity index (χ1n) is 10.9. The molecule has 5 atom stereocenters. The van der Waals surface area contributed by atoms with Crippen molar-refractivity contribution in [2.45, 2.75) is 24.2 Å². The summed E-state index contributed by atoms with van der Waals surface area (Å²) < 4.78 is 30.9. The van der Waals surface area contributed by atoms with Gasteiger partial charge in [-0.3, -0.25) is 23.7 Å². The number of aliphatic carboxylic acids is 1. The SMILES string of the molecule is [N-]=[N+]=N[C@]1(COP(=O)(NCC(=O)O)Oc2cccc3ccccc23)O[C@@H](n2ccc(=O)[nH]c2=O)[C@H](O)[C@@H]1O. The van der Waals surface area contributed by atoms with Gasteiger partial charge in [0.1, 0.15) is 24.5 Å². The van der Waals surface area contributed by atoms with Crippen molar-refractivity contribution < 1.29 is 38.5 Å². The van der Waals surface area contributed by atoms with Crippen molar-refractivity contribution in [1.82, 2.24) is 14.6 Å². The van der Waals surface area contributed by atoms with Gasteiger partial charge in [-0.05, 0) is 17.0 Å². The molecule has 4 rings (SSSR count). The lowest BCUT2D eigenvalue weighted by atomic mass is 10.1. The molecule has 1 unspecified atom stereocenters. The van der Waals surface area contributed by atoms with E-state index in [1.165, 1.54) is 6.07 Å². The Labute approximate surface area is 212 Å². The molecule has 0 aliphatic carbocycles. The molecule has 0 spiro atoms. The zero-order valence-electron chi connectivity index (χ0n) is 19.3. The Bertz CT molecular complexity index is 1560. The van der Waals surface area contributed by atoms with E-state index < -0.39 is 62.3 Å². The van der Waals surface area contributed by atoms with Crippen molar-refractivity contribution in [3.8, 4) is 5.75 Å². The Balaban J connectivity index is 1.66. The summed E-state index contributed by atoms with van der Waals surface area (Å²) in [6, 6.07) is 12.7. The molecule has 2 heterocycles. The van der Waals surface area contributed by atoms with Gasteiger partial charge in [0.25, 0.3) is 5.56 Å². The van der Waals surface area contributed by atoms with E-state index in [4.69, 9.17) is 24.4 Å². The third-order valence-corrected chi connectivity index (χ3v) is 7.03. The number of rotatable bonds is 10. The molecule has 16 nitrogen and oxygen atoms in total. The molecule has 1 aliphatic heterocycles. The Morgan fingerprint density at radius 2 is 1.97 bits per heavy atom. The van der Waals surface area contributed by atoms with Gasteiger partial charge < -0.3 is 24.6 Å². The number of aliphatic hydroxyl groups is 2. The number of azide groups is 1. The van der Waals surface area contributed by atoms with E-state index in [2.05, 4.69) is 15.1 Å². The van der Waals surface area contributed by atoms with Gasteiger partial charge in [0.15, 0.2) is 6.23 Å². The number of aromatic amines is 1. The largest absolute Gasteiger partial charge is 0.480 e. The highest BCUT2D eigenvalue weighted by Crippen LogP contribution is 2.48. The molecular weight excluding hydrogens is 527 g/mol. The van der Waals surface area contributed by atoms with Crippen LogP contribution in [0.2, 0.25) is 0 Å². The average molecular weight is 548 g/mol. The van der Waals surface area contributed by atoms with E-state index in [1.807, 2.05) is 4.98 Å². The van der Waals surface area contributed by atoms with Gasteiger partial charge in [-0.2, -0.15) is 0 Å². The second-order valence-corrected chi connectivity index (χ2v) is 9.82. The molecule has 38 heavy (non-hydrogen) atoms. The Hall–Kier alpha value is -4.01. The van der Waals surface area contributed by atoms with Crippen LogP contribution in [0, 0.1) is 0 Å². The molecule has 0 bridgehead atoms. The van der Waals surface area contributed by atoms with Crippen LogP contribution < -0.4 is 20.9 Å². The highest BCUT2D eigenvalue weighted by molar-refractivity contribution is 7.52. The number of benzene rings is 2. The second kappa shape index (κ2) is 10.8. The van der Waals surface area contributed by atoms with Gasteiger partial charge in [0.05, 0.1) is 6.61 Å². The molecule has 0 saturated carbocycles. The minimum Gasteiger partial charge on any atom is -0.480 e. The number of nitrogens with zero attached hydrogens (tertiary/aromatic N) is 4. The van der Waals surface area contributed by atoms with E-state index in [0.29, 0.717) is 10.8 Å². The number of ether oxygens (including phenoxy) is 1. The molecule has 1 aromatic heterocycles. The maximum atomic E-state index is 13.6. The van der Waals surface area contributed by atoms with Crippen LogP contribution in [0.15, 0.2) is 69.4 Å². The molecule has 5 N–H and O–H groups in total. The van der Waals surface area contributed by atoms with Gasteiger partial charge in [-0.1, -0.05) is 41.5 Å². The zero-order valence-corrected chi connectivity index (χ0v) is 20.2. The summed E-state index contributed by atoms with van der Waals surface area (Å²) in [5, 5.41) is 37.1. The summed E-state index contributed by atoms with van der Waals surface area (Å²) in [5.74, 6) is -1.34. The Morgan fingerprint density at radius 1 is 1.24 bits per heavy atom. The van der Waals surface area contributed by atoms with Gasteiger partial charge >= 0.3 is 19.4 Å². The van der Waals surface area contributed by atoms with Crippen LogP contribution in [0.25, 0.3) is 21.2 Å². The summed E-state index contributed by atoms with van der Waals surface area (Å²) >= 11 is 0. The number of carboxylic acid groups (broad SMARTS) is 1. The molecule has 200 valence electrons. The minimum atomic E-state index is -4.58. The van der Waals surface area contributed by atoms with E-state index in [-0.39, 0.29) is 5.75 Å².